The van der Waals surface area contributed by atoms with E-state index in [0.717, 1.165) is 20.9 Å². The van der Waals surface area contributed by atoms with Crippen LogP contribution in [0.3, 0.4) is 0 Å². The summed E-state index contributed by atoms with van der Waals surface area (Å²) >= 11 is 1.63. The van der Waals surface area contributed by atoms with Crippen LogP contribution >= 0.6 is 11.3 Å². The lowest BCUT2D eigenvalue weighted by Gasteiger charge is -2.02. The van der Waals surface area contributed by atoms with Gasteiger partial charge in [0.05, 0.1) is 4.88 Å². The highest BCUT2D eigenvalue weighted by molar-refractivity contribution is 7.19. The number of thiophene rings is 1. The average Bonchev–Trinajstić information content (AvgIpc) is 2.82. The van der Waals surface area contributed by atoms with E-state index in [4.69, 9.17) is 0 Å². The minimum Gasteiger partial charge on any atom is -0.506 e. The Balaban J connectivity index is 2.11. The van der Waals surface area contributed by atoms with Gasteiger partial charge in [0.1, 0.15) is 5.75 Å². The molecule has 0 fully saturated rings. The molecule has 0 aliphatic heterocycles. The monoisotopic (exact) mass is 266 g/mol. The highest BCUT2D eigenvalue weighted by Crippen LogP contribution is 2.42. The number of rotatable bonds is 2. The van der Waals surface area contributed by atoms with Crippen LogP contribution in [0.1, 0.15) is 5.56 Å². The number of hydrogen-bond acceptors (Lipinski definition) is 2. The van der Waals surface area contributed by atoms with Crippen LogP contribution in [0.25, 0.3) is 20.9 Å². The highest BCUT2D eigenvalue weighted by atomic mass is 32.1. The minimum atomic E-state index is 0.359. The quantitative estimate of drug-likeness (QED) is 0.684. The number of aryl methyl sites for hydroxylation is 1. The number of hydrogen-bond donors (Lipinski definition) is 1. The molecule has 1 N–H and O–H groups in total. The van der Waals surface area contributed by atoms with Crippen molar-refractivity contribution in [3.05, 3.63) is 66.2 Å². The molecule has 19 heavy (non-hydrogen) atoms. The molecule has 0 atom stereocenters. The molecule has 0 aliphatic carbocycles. The molecule has 1 heterocycles. The Hall–Kier alpha value is -2.06. The first kappa shape index (κ1) is 12.0. The third-order valence-electron chi connectivity index (χ3n) is 3.16. The molecule has 0 amide bonds. The smallest absolute Gasteiger partial charge is 0.134 e. The van der Waals surface area contributed by atoms with E-state index in [1.165, 1.54) is 5.56 Å². The van der Waals surface area contributed by atoms with Gasteiger partial charge < -0.3 is 5.11 Å². The van der Waals surface area contributed by atoms with Crippen molar-refractivity contribution in [3.8, 4) is 26.6 Å². The van der Waals surface area contributed by atoms with E-state index < -0.39 is 0 Å². The minimum absolute atomic E-state index is 0.359. The van der Waals surface area contributed by atoms with E-state index in [9.17, 15) is 5.11 Å². The van der Waals surface area contributed by atoms with Crippen LogP contribution in [0.2, 0.25) is 0 Å². The molecule has 1 aromatic heterocycles. The standard InChI is InChI=1S/C17H14OS/c1-12-7-5-6-10-14(12)17-15(18)11-16(19-17)13-8-3-2-4-9-13/h2-11,18H,1H3. The highest BCUT2D eigenvalue weighted by Gasteiger charge is 2.12. The van der Waals surface area contributed by atoms with Crippen LogP contribution in [0.15, 0.2) is 60.7 Å². The second-order valence-corrected chi connectivity index (χ2v) is 5.56. The molecule has 0 radical (unpaired) electrons. The Morgan fingerprint density at radius 1 is 0.895 bits per heavy atom. The van der Waals surface area contributed by atoms with E-state index in [0.29, 0.717) is 5.75 Å². The Labute approximate surface area is 116 Å². The van der Waals surface area contributed by atoms with E-state index >= 15 is 0 Å². The van der Waals surface area contributed by atoms with Gasteiger partial charge in [0.2, 0.25) is 0 Å². The number of aromatic hydroxyl groups is 1. The SMILES string of the molecule is Cc1ccccc1-c1sc(-c2ccccc2)cc1O. The van der Waals surface area contributed by atoms with Gasteiger partial charge in [0.15, 0.2) is 0 Å². The maximum atomic E-state index is 10.2. The summed E-state index contributed by atoms with van der Waals surface area (Å²) in [6, 6.07) is 20.1. The normalized spacial score (nSPS) is 10.6. The van der Waals surface area contributed by atoms with Crippen molar-refractivity contribution in [1.82, 2.24) is 0 Å². The number of benzene rings is 2. The summed E-state index contributed by atoms with van der Waals surface area (Å²) in [5.74, 6) is 0.359. The molecule has 3 aromatic rings. The lowest BCUT2D eigenvalue weighted by atomic mass is 10.1. The fourth-order valence-corrected chi connectivity index (χ4v) is 3.29. The van der Waals surface area contributed by atoms with Gasteiger partial charge in [-0.25, -0.2) is 0 Å². The van der Waals surface area contributed by atoms with E-state index in [-0.39, 0.29) is 0 Å². The van der Waals surface area contributed by atoms with Crippen molar-refractivity contribution in [2.24, 2.45) is 0 Å². The molecule has 3 rings (SSSR count). The fraction of sp³-hybridized carbons (Fsp3) is 0.0588. The maximum Gasteiger partial charge on any atom is 0.134 e. The van der Waals surface area contributed by atoms with Crippen LogP contribution in [-0.2, 0) is 0 Å². The van der Waals surface area contributed by atoms with Gasteiger partial charge in [0.25, 0.3) is 0 Å². The molecule has 2 aromatic carbocycles. The van der Waals surface area contributed by atoms with Crippen molar-refractivity contribution in [3.63, 3.8) is 0 Å². The van der Waals surface area contributed by atoms with Crippen molar-refractivity contribution >= 4 is 11.3 Å². The Bertz CT molecular complexity index is 698. The topological polar surface area (TPSA) is 20.2 Å². The first-order chi connectivity index (χ1) is 9.25. The third kappa shape index (κ3) is 2.27. The molecule has 0 unspecified atom stereocenters. The summed E-state index contributed by atoms with van der Waals surface area (Å²) < 4.78 is 0. The predicted molar refractivity (Wildman–Crippen MR) is 81.6 cm³/mol. The molecule has 94 valence electrons. The van der Waals surface area contributed by atoms with E-state index in [1.807, 2.05) is 36.4 Å². The van der Waals surface area contributed by atoms with Crippen molar-refractivity contribution in [2.75, 3.05) is 0 Å². The van der Waals surface area contributed by atoms with Crippen LogP contribution < -0.4 is 0 Å². The molecule has 0 spiro atoms. The lowest BCUT2D eigenvalue weighted by molar-refractivity contribution is 0.480. The lowest BCUT2D eigenvalue weighted by Crippen LogP contribution is -1.78. The molecular formula is C17H14OS. The molecule has 1 nitrogen and oxygen atoms in total. The van der Waals surface area contributed by atoms with Crippen LogP contribution in [0.5, 0.6) is 5.75 Å². The summed E-state index contributed by atoms with van der Waals surface area (Å²) in [5.41, 5.74) is 3.43. The Kier molecular flexibility index (Phi) is 3.10. The van der Waals surface area contributed by atoms with Crippen molar-refractivity contribution in [2.45, 2.75) is 6.92 Å². The second-order valence-electron chi connectivity index (χ2n) is 4.51. The summed E-state index contributed by atoms with van der Waals surface area (Å²) in [6.45, 7) is 2.07. The maximum absolute atomic E-state index is 10.2. The summed E-state index contributed by atoms with van der Waals surface area (Å²) in [6.07, 6.45) is 0. The molecule has 0 bridgehead atoms. The van der Waals surface area contributed by atoms with E-state index in [2.05, 4.69) is 31.2 Å². The first-order valence-electron chi connectivity index (χ1n) is 6.20. The zero-order chi connectivity index (χ0) is 13.2. The zero-order valence-corrected chi connectivity index (χ0v) is 11.4. The molecule has 0 aliphatic rings. The Morgan fingerprint density at radius 2 is 1.58 bits per heavy atom. The first-order valence-corrected chi connectivity index (χ1v) is 7.01. The van der Waals surface area contributed by atoms with Crippen molar-refractivity contribution < 1.29 is 5.11 Å². The summed E-state index contributed by atoms with van der Waals surface area (Å²) in [7, 11) is 0. The summed E-state index contributed by atoms with van der Waals surface area (Å²) in [5, 5.41) is 10.2. The summed E-state index contributed by atoms with van der Waals surface area (Å²) in [4.78, 5) is 2.04. The van der Waals surface area contributed by atoms with Gasteiger partial charge in [-0.1, -0.05) is 54.6 Å². The van der Waals surface area contributed by atoms with Crippen LogP contribution in [0.4, 0.5) is 0 Å². The van der Waals surface area contributed by atoms with E-state index in [1.54, 1.807) is 11.3 Å². The van der Waals surface area contributed by atoms with Gasteiger partial charge in [-0.15, -0.1) is 11.3 Å². The third-order valence-corrected chi connectivity index (χ3v) is 4.37. The van der Waals surface area contributed by atoms with Gasteiger partial charge in [0, 0.05) is 4.88 Å². The van der Waals surface area contributed by atoms with Gasteiger partial charge in [-0.3, -0.25) is 0 Å². The van der Waals surface area contributed by atoms with Crippen molar-refractivity contribution in [1.29, 1.82) is 0 Å². The molecule has 2 heteroatoms. The molecule has 0 saturated carbocycles. The van der Waals surface area contributed by atoms with Gasteiger partial charge in [-0.05, 0) is 29.7 Å². The van der Waals surface area contributed by atoms with Gasteiger partial charge in [-0.2, -0.15) is 0 Å². The largest absolute Gasteiger partial charge is 0.506 e. The fourth-order valence-electron chi connectivity index (χ4n) is 2.15. The molecular weight excluding hydrogens is 252 g/mol. The molecule has 0 saturated heterocycles. The second kappa shape index (κ2) is 4.90. The zero-order valence-electron chi connectivity index (χ0n) is 10.6. The average molecular weight is 266 g/mol. The predicted octanol–water partition coefficient (Wildman–Crippen LogP) is 5.10. The van der Waals surface area contributed by atoms with Crippen LogP contribution in [0, 0.1) is 6.92 Å². The Morgan fingerprint density at radius 3 is 2.32 bits per heavy atom. The van der Waals surface area contributed by atoms with Gasteiger partial charge >= 0.3 is 0 Å². The van der Waals surface area contributed by atoms with Crippen LogP contribution in [-0.4, -0.2) is 5.11 Å².